The summed E-state index contributed by atoms with van der Waals surface area (Å²) in [4.78, 5) is 14.7. The average molecular weight is 315 g/mol. The van der Waals surface area contributed by atoms with Gasteiger partial charge < -0.3 is 5.32 Å². The van der Waals surface area contributed by atoms with E-state index < -0.39 is 0 Å². The number of rotatable bonds is 3. The maximum atomic E-state index is 12.5. The minimum atomic E-state index is 0.0111. The van der Waals surface area contributed by atoms with Crippen molar-refractivity contribution in [2.75, 3.05) is 5.32 Å². The number of anilines is 1. The number of aryl methyl sites for hydroxylation is 2. The van der Waals surface area contributed by atoms with Crippen molar-refractivity contribution in [1.29, 1.82) is 0 Å². The van der Waals surface area contributed by atoms with E-state index in [2.05, 4.69) is 16.5 Å². The van der Waals surface area contributed by atoms with E-state index in [1.807, 2.05) is 10.7 Å². The van der Waals surface area contributed by atoms with Gasteiger partial charge in [-0.3, -0.25) is 4.79 Å². The minimum Gasteiger partial charge on any atom is -0.306 e. The van der Waals surface area contributed by atoms with E-state index in [0.717, 1.165) is 36.4 Å². The van der Waals surface area contributed by atoms with Gasteiger partial charge in [0.25, 0.3) is 5.91 Å². The monoisotopic (exact) mass is 315 g/mol. The van der Waals surface area contributed by atoms with Crippen LogP contribution in [0.2, 0.25) is 0 Å². The predicted molar refractivity (Wildman–Crippen MR) is 88.6 cm³/mol. The molecule has 116 valence electrons. The van der Waals surface area contributed by atoms with Crippen molar-refractivity contribution >= 4 is 23.1 Å². The molecule has 2 aliphatic rings. The number of carbonyl (C=O) groups is 1. The van der Waals surface area contributed by atoms with Crippen LogP contribution < -0.4 is 5.32 Å². The van der Waals surface area contributed by atoms with Crippen molar-refractivity contribution in [3.63, 3.8) is 0 Å². The lowest BCUT2D eigenvalue weighted by Crippen LogP contribution is -2.19. The summed E-state index contributed by atoms with van der Waals surface area (Å²) in [5.74, 6) is 0.849. The number of nitrogens with one attached hydrogen (secondary N) is 1. The number of aromatic nitrogens is 2. The molecule has 1 amide bonds. The molecular formula is C17H21N3OS. The zero-order chi connectivity index (χ0) is 14.9. The molecule has 2 heterocycles. The van der Waals surface area contributed by atoms with Crippen LogP contribution in [0.25, 0.3) is 0 Å². The molecule has 1 fully saturated rings. The first-order chi connectivity index (χ1) is 10.8. The normalized spacial score (nSPS) is 18.4. The predicted octanol–water partition coefficient (Wildman–Crippen LogP) is 4.19. The highest BCUT2D eigenvalue weighted by Gasteiger charge is 2.22. The van der Waals surface area contributed by atoms with Crippen LogP contribution in [0.1, 0.15) is 64.7 Å². The van der Waals surface area contributed by atoms with Crippen molar-refractivity contribution in [2.24, 2.45) is 0 Å². The molecule has 0 radical (unpaired) electrons. The summed E-state index contributed by atoms with van der Waals surface area (Å²) in [7, 11) is 0. The number of nitrogens with zero attached hydrogens (tertiary/aromatic N) is 2. The highest BCUT2D eigenvalue weighted by Crippen LogP contribution is 2.32. The highest BCUT2D eigenvalue weighted by atomic mass is 32.1. The lowest BCUT2D eigenvalue weighted by Gasteiger charge is -2.23. The van der Waals surface area contributed by atoms with Gasteiger partial charge in [-0.05, 0) is 43.7 Å². The SMILES string of the molecule is O=C(Nc1ccnn1C1CCCCC1)c1cc2c(s1)CCC2. The molecule has 2 aromatic rings. The van der Waals surface area contributed by atoms with E-state index in [9.17, 15) is 4.79 Å². The molecule has 2 aromatic heterocycles. The van der Waals surface area contributed by atoms with Crippen LogP contribution in [0.3, 0.4) is 0 Å². The lowest BCUT2D eigenvalue weighted by atomic mass is 9.96. The van der Waals surface area contributed by atoms with Crippen molar-refractivity contribution < 1.29 is 4.79 Å². The van der Waals surface area contributed by atoms with E-state index in [-0.39, 0.29) is 5.91 Å². The van der Waals surface area contributed by atoms with Crippen LogP contribution >= 0.6 is 11.3 Å². The first-order valence-electron chi connectivity index (χ1n) is 8.28. The van der Waals surface area contributed by atoms with Gasteiger partial charge in [0.1, 0.15) is 5.82 Å². The summed E-state index contributed by atoms with van der Waals surface area (Å²) in [5.41, 5.74) is 1.37. The maximum absolute atomic E-state index is 12.5. The fraction of sp³-hybridized carbons (Fsp3) is 0.529. The van der Waals surface area contributed by atoms with E-state index in [4.69, 9.17) is 0 Å². The Morgan fingerprint density at radius 1 is 1.23 bits per heavy atom. The third kappa shape index (κ3) is 2.58. The Labute approximate surface area is 134 Å². The molecule has 22 heavy (non-hydrogen) atoms. The molecule has 5 heteroatoms. The summed E-state index contributed by atoms with van der Waals surface area (Å²) in [6.07, 6.45) is 11.4. The molecule has 0 spiro atoms. The Morgan fingerprint density at radius 2 is 2.09 bits per heavy atom. The first kappa shape index (κ1) is 14.0. The van der Waals surface area contributed by atoms with Gasteiger partial charge in [-0.25, -0.2) is 4.68 Å². The van der Waals surface area contributed by atoms with Crippen molar-refractivity contribution in [1.82, 2.24) is 9.78 Å². The Balaban J connectivity index is 1.50. The van der Waals surface area contributed by atoms with Gasteiger partial charge >= 0.3 is 0 Å². The second-order valence-corrected chi connectivity index (χ2v) is 7.46. The number of carbonyl (C=O) groups excluding carboxylic acids is 1. The zero-order valence-corrected chi connectivity index (χ0v) is 13.5. The maximum Gasteiger partial charge on any atom is 0.266 e. The van der Waals surface area contributed by atoms with Gasteiger partial charge in [0.2, 0.25) is 0 Å². The topological polar surface area (TPSA) is 46.9 Å². The summed E-state index contributed by atoms with van der Waals surface area (Å²) >= 11 is 1.65. The smallest absolute Gasteiger partial charge is 0.266 e. The molecule has 0 aromatic carbocycles. The second-order valence-electron chi connectivity index (χ2n) is 6.32. The standard InChI is InChI=1S/C17H21N3OS/c21-17(15-11-12-5-4-8-14(12)22-15)19-16-9-10-18-20(16)13-6-2-1-3-7-13/h9-11,13H,1-8H2,(H,19,21). The van der Waals surface area contributed by atoms with E-state index in [1.54, 1.807) is 17.5 Å². The molecule has 4 rings (SSSR count). The van der Waals surface area contributed by atoms with Gasteiger partial charge in [0.15, 0.2) is 0 Å². The van der Waals surface area contributed by atoms with Crippen LogP contribution in [0.15, 0.2) is 18.3 Å². The van der Waals surface area contributed by atoms with Crippen LogP contribution in [-0.2, 0) is 12.8 Å². The van der Waals surface area contributed by atoms with Crippen molar-refractivity contribution in [2.45, 2.75) is 57.4 Å². The Kier molecular flexibility index (Phi) is 3.74. The molecule has 0 unspecified atom stereocenters. The van der Waals surface area contributed by atoms with Crippen LogP contribution in [0.4, 0.5) is 5.82 Å². The number of hydrogen-bond donors (Lipinski definition) is 1. The summed E-state index contributed by atoms with van der Waals surface area (Å²) < 4.78 is 2.01. The molecule has 0 saturated heterocycles. The van der Waals surface area contributed by atoms with E-state index in [1.165, 1.54) is 36.1 Å². The van der Waals surface area contributed by atoms with E-state index in [0.29, 0.717) is 6.04 Å². The third-order valence-electron chi connectivity index (χ3n) is 4.80. The van der Waals surface area contributed by atoms with Crippen LogP contribution in [-0.4, -0.2) is 15.7 Å². The molecule has 1 saturated carbocycles. The van der Waals surface area contributed by atoms with Gasteiger partial charge in [-0.1, -0.05) is 19.3 Å². The second kappa shape index (κ2) is 5.88. The molecule has 4 nitrogen and oxygen atoms in total. The largest absolute Gasteiger partial charge is 0.306 e. The summed E-state index contributed by atoms with van der Waals surface area (Å²) in [6.45, 7) is 0. The zero-order valence-electron chi connectivity index (χ0n) is 12.7. The Hall–Kier alpha value is -1.62. The first-order valence-corrected chi connectivity index (χ1v) is 9.09. The van der Waals surface area contributed by atoms with Crippen LogP contribution in [0, 0.1) is 0 Å². The lowest BCUT2D eigenvalue weighted by molar-refractivity contribution is 0.102. The number of fused-ring (bicyclic) bond motifs is 1. The fourth-order valence-corrected chi connectivity index (χ4v) is 4.80. The third-order valence-corrected chi connectivity index (χ3v) is 6.04. The average Bonchev–Trinajstić information content (AvgIpc) is 3.23. The molecule has 2 aliphatic carbocycles. The molecule has 0 bridgehead atoms. The van der Waals surface area contributed by atoms with Crippen molar-refractivity contribution in [3.8, 4) is 0 Å². The summed E-state index contributed by atoms with van der Waals surface area (Å²) in [6, 6.07) is 4.42. The minimum absolute atomic E-state index is 0.0111. The van der Waals surface area contributed by atoms with Crippen LogP contribution in [0.5, 0.6) is 0 Å². The molecule has 1 N–H and O–H groups in total. The fourth-order valence-electron chi connectivity index (χ4n) is 3.65. The molecule has 0 aliphatic heterocycles. The van der Waals surface area contributed by atoms with Crippen molar-refractivity contribution in [3.05, 3.63) is 33.6 Å². The Bertz CT molecular complexity index is 660. The molecular weight excluding hydrogens is 294 g/mol. The molecule has 0 atom stereocenters. The quantitative estimate of drug-likeness (QED) is 0.923. The highest BCUT2D eigenvalue weighted by molar-refractivity contribution is 7.14. The number of hydrogen-bond acceptors (Lipinski definition) is 3. The van der Waals surface area contributed by atoms with Gasteiger partial charge in [0.05, 0.1) is 17.1 Å². The number of amides is 1. The van der Waals surface area contributed by atoms with Gasteiger partial charge in [0, 0.05) is 10.9 Å². The van der Waals surface area contributed by atoms with Gasteiger partial charge in [-0.2, -0.15) is 5.10 Å². The van der Waals surface area contributed by atoms with E-state index >= 15 is 0 Å². The summed E-state index contributed by atoms with van der Waals surface area (Å²) in [5, 5.41) is 7.51. The van der Waals surface area contributed by atoms with Gasteiger partial charge in [-0.15, -0.1) is 11.3 Å². The Morgan fingerprint density at radius 3 is 2.91 bits per heavy atom. The number of thiophene rings is 1.